The average molecular weight is 329 g/mol. The fourth-order valence-corrected chi connectivity index (χ4v) is 2.33. The standard InChI is InChI=1S/C19H26N2O.C2H6/c1-2-15-22-16-9-14-20-21-19(17-10-5-3-6-11-17)18-12-7-4-8-13-18;1-2/h3-8,10-13,19-21H,2,9,14-16H2,1H3;1-2H3. The van der Waals surface area contributed by atoms with E-state index in [2.05, 4.69) is 66.3 Å². The van der Waals surface area contributed by atoms with Crippen molar-refractivity contribution in [2.75, 3.05) is 19.8 Å². The summed E-state index contributed by atoms with van der Waals surface area (Å²) in [6.45, 7) is 8.68. The molecule has 0 spiro atoms. The summed E-state index contributed by atoms with van der Waals surface area (Å²) in [5.74, 6) is 0. The number of hydrazine groups is 1. The summed E-state index contributed by atoms with van der Waals surface area (Å²) < 4.78 is 5.49. The van der Waals surface area contributed by atoms with E-state index in [1.54, 1.807) is 0 Å². The molecule has 132 valence electrons. The van der Waals surface area contributed by atoms with Gasteiger partial charge in [0.2, 0.25) is 0 Å². The Bertz CT molecular complexity index is 462. The quantitative estimate of drug-likeness (QED) is 0.489. The Morgan fingerprint density at radius 2 is 1.38 bits per heavy atom. The van der Waals surface area contributed by atoms with Crippen LogP contribution in [0.4, 0.5) is 0 Å². The highest BCUT2D eigenvalue weighted by atomic mass is 16.5. The molecule has 24 heavy (non-hydrogen) atoms. The molecule has 0 fully saturated rings. The fraction of sp³-hybridized carbons (Fsp3) is 0.429. The molecule has 2 aromatic carbocycles. The van der Waals surface area contributed by atoms with Gasteiger partial charge in [0.25, 0.3) is 0 Å². The van der Waals surface area contributed by atoms with E-state index in [-0.39, 0.29) is 6.04 Å². The lowest BCUT2D eigenvalue weighted by Crippen LogP contribution is -2.37. The highest BCUT2D eigenvalue weighted by molar-refractivity contribution is 5.31. The van der Waals surface area contributed by atoms with Crippen molar-refractivity contribution in [2.24, 2.45) is 0 Å². The summed E-state index contributed by atoms with van der Waals surface area (Å²) in [6, 6.07) is 21.1. The van der Waals surface area contributed by atoms with E-state index in [1.165, 1.54) is 11.1 Å². The summed E-state index contributed by atoms with van der Waals surface area (Å²) in [6.07, 6.45) is 2.08. The van der Waals surface area contributed by atoms with Crippen LogP contribution in [-0.4, -0.2) is 19.8 Å². The third kappa shape index (κ3) is 7.73. The van der Waals surface area contributed by atoms with Gasteiger partial charge in [-0.25, -0.2) is 5.43 Å². The van der Waals surface area contributed by atoms with E-state index in [9.17, 15) is 0 Å². The largest absolute Gasteiger partial charge is 0.381 e. The molecule has 0 aliphatic carbocycles. The molecule has 2 aromatic rings. The molecule has 0 aromatic heterocycles. The number of rotatable bonds is 10. The zero-order valence-electron chi connectivity index (χ0n) is 15.3. The van der Waals surface area contributed by atoms with Crippen LogP contribution in [0.25, 0.3) is 0 Å². The number of ether oxygens (including phenoxy) is 1. The highest BCUT2D eigenvalue weighted by Crippen LogP contribution is 2.20. The fourth-order valence-electron chi connectivity index (χ4n) is 2.33. The maximum absolute atomic E-state index is 5.49. The van der Waals surface area contributed by atoms with Crippen molar-refractivity contribution >= 4 is 0 Å². The Morgan fingerprint density at radius 1 is 0.833 bits per heavy atom. The first-order valence-electron chi connectivity index (χ1n) is 9.08. The first-order valence-corrected chi connectivity index (χ1v) is 9.08. The first-order chi connectivity index (χ1) is 11.9. The molecule has 2 N–H and O–H groups in total. The van der Waals surface area contributed by atoms with Gasteiger partial charge in [-0.05, 0) is 24.0 Å². The van der Waals surface area contributed by atoms with Crippen molar-refractivity contribution in [3.8, 4) is 0 Å². The van der Waals surface area contributed by atoms with Crippen molar-refractivity contribution in [1.29, 1.82) is 0 Å². The molecule has 0 heterocycles. The normalized spacial score (nSPS) is 10.3. The van der Waals surface area contributed by atoms with Crippen LogP contribution in [0, 0.1) is 0 Å². The number of hydrogen-bond donors (Lipinski definition) is 2. The van der Waals surface area contributed by atoms with Gasteiger partial charge in [-0.3, -0.25) is 5.43 Å². The molecule has 0 amide bonds. The second-order valence-corrected chi connectivity index (χ2v) is 5.29. The summed E-state index contributed by atoms with van der Waals surface area (Å²) in [5.41, 5.74) is 9.27. The van der Waals surface area contributed by atoms with Crippen molar-refractivity contribution in [3.63, 3.8) is 0 Å². The summed E-state index contributed by atoms with van der Waals surface area (Å²) >= 11 is 0. The zero-order chi connectivity index (χ0) is 17.5. The second kappa shape index (κ2) is 13.7. The lowest BCUT2D eigenvalue weighted by molar-refractivity contribution is 0.131. The molecule has 0 aliphatic heterocycles. The Hall–Kier alpha value is -1.68. The summed E-state index contributed by atoms with van der Waals surface area (Å²) in [4.78, 5) is 0. The van der Waals surface area contributed by atoms with Crippen LogP contribution >= 0.6 is 0 Å². The molecule has 0 radical (unpaired) electrons. The molecule has 0 unspecified atom stereocenters. The van der Waals surface area contributed by atoms with Gasteiger partial charge in [0.1, 0.15) is 0 Å². The van der Waals surface area contributed by atoms with E-state index < -0.39 is 0 Å². The van der Waals surface area contributed by atoms with E-state index in [0.717, 1.165) is 32.6 Å². The number of hydrogen-bond acceptors (Lipinski definition) is 3. The van der Waals surface area contributed by atoms with Crippen molar-refractivity contribution in [2.45, 2.75) is 39.7 Å². The number of nitrogens with one attached hydrogen (secondary N) is 2. The van der Waals surface area contributed by atoms with Crippen LogP contribution in [0.1, 0.15) is 50.8 Å². The Balaban J connectivity index is 0.00000139. The monoisotopic (exact) mass is 328 g/mol. The molecule has 0 saturated carbocycles. The van der Waals surface area contributed by atoms with Crippen molar-refractivity contribution in [1.82, 2.24) is 10.9 Å². The zero-order valence-corrected chi connectivity index (χ0v) is 15.3. The predicted octanol–water partition coefficient (Wildman–Crippen LogP) is 4.71. The topological polar surface area (TPSA) is 33.3 Å². The Labute approximate surface area is 147 Å². The molecule has 3 heteroatoms. The van der Waals surface area contributed by atoms with Gasteiger partial charge in [0.15, 0.2) is 0 Å². The Morgan fingerprint density at radius 3 is 1.88 bits per heavy atom. The molecular formula is C21H32N2O. The smallest absolute Gasteiger partial charge is 0.0712 e. The Kier molecular flexibility index (Phi) is 11.7. The van der Waals surface area contributed by atoms with Gasteiger partial charge < -0.3 is 4.74 Å². The molecular weight excluding hydrogens is 296 g/mol. The van der Waals surface area contributed by atoms with E-state index in [4.69, 9.17) is 4.74 Å². The molecule has 2 rings (SSSR count). The van der Waals surface area contributed by atoms with Gasteiger partial charge in [-0.1, -0.05) is 81.4 Å². The number of benzene rings is 2. The van der Waals surface area contributed by atoms with E-state index in [1.807, 2.05) is 26.0 Å². The third-order valence-electron chi connectivity index (χ3n) is 3.45. The second-order valence-electron chi connectivity index (χ2n) is 5.29. The van der Waals surface area contributed by atoms with Gasteiger partial charge in [-0.2, -0.15) is 0 Å². The molecule has 3 nitrogen and oxygen atoms in total. The van der Waals surface area contributed by atoms with Gasteiger partial charge >= 0.3 is 0 Å². The van der Waals surface area contributed by atoms with E-state index >= 15 is 0 Å². The minimum atomic E-state index is 0.152. The lowest BCUT2D eigenvalue weighted by atomic mass is 9.99. The maximum Gasteiger partial charge on any atom is 0.0712 e. The summed E-state index contributed by atoms with van der Waals surface area (Å²) in [7, 11) is 0. The lowest BCUT2D eigenvalue weighted by Gasteiger charge is -2.20. The molecule has 0 bridgehead atoms. The van der Waals surface area contributed by atoms with Crippen LogP contribution in [0.3, 0.4) is 0 Å². The van der Waals surface area contributed by atoms with Crippen LogP contribution in [0.15, 0.2) is 60.7 Å². The SMILES string of the molecule is CC.CCCOCCCNNC(c1ccccc1)c1ccccc1. The van der Waals surface area contributed by atoms with Crippen molar-refractivity contribution < 1.29 is 4.74 Å². The molecule has 0 aliphatic rings. The van der Waals surface area contributed by atoms with Crippen molar-refractivity contribution in [3.05, 3.63) is 71.8 Å². The van der Waals surface area contributed by atoms with E-state index in [0.29, 0.717) is 0 Å². The maximum atomic E-state index is 5.49. The molecule has 0 atom stereocenters. The highest BCUT2D eigenvalue weighted by Gasteiger charge is 2.12. The third-order valence-corrected chi connectivity index (χ3v) is 3.45. The first kappa shape index (κ1) is 20.4. The molecule has 0 saturated heterocycles. The van der Waals surface area contributed by atoms with Crippen LogP contribution in [0.2, 0.25) is 0 Å². The van der Waals surface area contributed by atoms with Crippen LogP contribution in [-0.2, 0) is 4.74 Å². The minimum Gasteiger partial charge on any atom is -0.381 e. The van der Waals surface area contributed by atoms with Crippen LogP contribution in [0.5, 0.6) is 0 Å². The van der Waals surface area contributed by atoms with Gasteiger partial charge in [-0.15, -0.1) is 0 Å². The summed E-state index contributed by atoms with van der Waals surface area (Å²) in [5, 5.41) is 0. The van der Waals surface area contributed by atoms with Gasteiger partial charge in [0.05, 0.1) is 6.04 Å². The average Bonchev–Trinajstić information content (AvgIpc) is 2.67. The minimum absolute atomic E-state index is 0.152. The van der Waals surface area contributed by atoms with Gasteiger partial charge in [0, 0.05) is 19.8 Å². The predicted molar refractivity (Wildman–Crippen MR) is 103 cm³/mol. The van der Waals surface area contributed by atoms with Crippen LogP contribution < -0.4 is 10.9 Å².